The Morgan fingerprint density at radius 2 is 0.814 bits per heavy atom. The summed E-state index contributed by atoms with van der Waals surface area (Å²) in [5, 5.41) is 10.4. The molecule has 1 aromatic heterocycles. The Hall–Kier alpha value is -5.24. The van der Waals surface area contributed by atoms with Crippen LogP contribution >= 0.6 is 11.3 Å². The predicted molar refractivity (Wildman–Crippen MR) is 188 cm³/mol. The molecule has 0 aliphatic rings. The third kappa shape index (κ3) is 3.75. The molecule has 0 aliphatic carbocycles. The largest absolute Gasteiger partial charge is 0.135 e. The number of hydrogen-bond acceptors (Lipinski definition) is 1. The van der Waals surface area contributed by atoms with Gasteiger partial charge in [0.25, 0.3) is 0 Å². The van der Waals surface area contributed by atoms with E-state index in [2.05, 4.69) is 158 Å². The van der Waals surface area contributed by atoms with E-state index >= 15 is 0 Å². The lowest BCUT2D eigenvalue weighted by molar-refractivity contribution is 1.61. The summed E-state index contributed by atoms with van der Waals surface area (Å²) < 4.78 is 2.68. The summed E-state index contributed by atoms with van der Waals surface area (Å²) in [6.07, 6.45) is 0. The zero-order valence-electron chi connectivity index (χ0n) is 23.4. The molecule has 0 N–H and O–H groups in total. The van der Waals surface area contributed by atoms with Gasteiger partial charge in [-0.1, -0.05) is 146 Å². The van der Waals surface area contributed by atoms with Crippen molar-refractivity contribution >= 4 is 63.8 Å². The van der Waals surface area contributed by atoms with Crippen molar-refractivity contribution in [2.75, 3.05) is 0 Å². The first-order chi connectivity index (χ1) is 21.3. The maximum atomic E-state index is 2.37. The number of fused-ring (bicyclic) bond motifs is 6. The van der Waals surface area contributed by atoms with Gasteiger partial charge in [0, 0.05) is 25.7 Å². The summed E-state index contributed by atoms with van der Waals surface area (Å²) in [6, 6.07) is 57.9. The molecule has 0 nitrogen and oxygen atoms in total. The molecule has 200 valence electrons. The van der Waals surface area contributed by atoms with E-state index in [1.807, 2.05) is 11.3 Å². The van der Waals surface area contributed by atoms with Crippen molar-refractivity contribution in [2.45, 2.75) is 0 Å². The average molecular weight is 563 g/mol. The Labute approximate surface area is 254 Å². The topological polar surface area (TPSA) is 0 Å². The van der Waals surface area contributed by atoms with Gasteiger partial charge in [0.05, 0.1) is 0 Å². The van der Waals surface area contributed by atoms with Gasteiger partial charge in [0.2, 0.25) is 0 Å². The molecule has 0 fully saturated rings. The maximum absolute atomic E-state index is 2.37. The van der Waals surface area contributed by atoms with Gasteiger partial charge in [-0.15, -0.1) is 11.3 Å². The van der Waals surface area contributed by atoms with E-state index < -0.39 is 0 Å². The second-order valence-corrected chi connectivity index (χ2v) is 12.3. The van der Waals surface area contributed by atoms with Crippen LogP contribution in [0.5, 0.6) is 0 Å². The van der Waals surface area contributed by atoms with Gasteiger partial charge in [0.1, 0.15) is 0 Å². The lowest BCUT2D eigenvalue weighted by Gasteiger charge is -2.20. The third-order valence-electron chi connectivity index (χ3n) is 8.85. The molecule has 0 saturated heterocycles. The lowest BCUT2D eigenvalue weighted by Crippen LogP contribution is -1.92. The number of rotatable bonds is 3. The van der Waals surface area contributed by atoms with E-state index in [4.69, 9.17) is 0 Å². The minimum absolute atomic E-state index is 1.23. The molecule has 0 amide bonds. The molecule has 0 aliphatic heterocycles. The molecule has 1 heterocycles. The van der Waals surface area contributed by atoms with Crippen LogP contribution in [0.2, 0.25) is 0 Å². The normalized spacial score (nSPS) is 11.7. The highest BCUT2D eigenvalue weighted by atomic mass is 32.1. The SMILES string of the molecule is c1ccc(-c2ccccc2-c2c3ccccc3c(-c3cccc4c3sc3cc5ccccc5cc34)c3ccccc23)cc1. The van der Waals surface area contributed by atoms with E-state index in [-0.39, 0.29) is 0 Å². The minimum atomic E-state index is 1.23. The first kappa shape index (κ1) is 24.4. The summed E-state index contributed by atoms with van der Waals surface area (Å²) in [5.74, 6) is 0. The molecule has 0 unspecified atom stereocenters. The first-order valence-corrected chi connectivity index (χ1v) is 15.6. The molecule has 8 aromatic carbocycles. The zero-order valence-corrected chi connectivity index (χ0v) is 24.2. The van der Waals surface area contributed by atoms with Crippen LogP contribution < -0.4 is 0 Å². The van der Waals surface area contributed by atoms with Crippen LogP contribution in [0, 0.1) is 0 Å². The fourth-order valence-corrected chi connectivity index (χ4v) is 8.21. The molecule has 9 aromatic rings. The van der Waals surface area contributed by atoms with Crippen LogP contribution in [0.25, 0.3) is 85.9 Å². The van der Waals surface area contributed by atoms with Crippen LogP contribution in [0.3, 0.4) is 0 Å². The summed E-state index contributed by atoms with van der Waals surface area (Å²) in [6.45, 7) is 0. The lowest BCUT2D eigenvalue weighted by atomic mass is 9.83. The van der Waals surface area contributed by atoms with Crippen molar-refractivity contribution in [2.24, 2.45) is 0 Å². The number of benzene rings is 8. The monoisotopic (exact) mass is 562 g/mol. The van der Waals surface area contributed by atoms with Gasteiger partial charge in [-0.3, -0.25) is 0 Å². The van der Waals surface area contributed by atoms with E-state index in [1.165, 1.54) is 85.9 Å². The average Bonchev–Trinajstić information content (AvgIpc) is 3.44. The van der Waals surface area contributed by atoms with Gasteiger partial charge in [0.15, 0.2) is 0 Å². The third-order valence-corrected chi connectivity index (χ3v) is 10.0. The zero-order chi connectivity index (χ0) is 28.3. The summed E-state index contributed by atoms with van der Waals surface area (Å²) in [4.78, 5) is 0. The molecule has 0 bridgehead atoms. The van der Waals surface area contributed by atoms with Gasteiger partial charge in [-0.25, -0.2) is 0 Å². The van der Waals surface area contributed by atoms with Crippen LogP contribution in [0.15, 0.2) is 158 Å². The van der Waals surface area contributed by atoms with Crippen molar-refractivity contribution in [3.05, 3.63) is 158 Å². The fourth-order valence-electron chi connectivity index (χ4n) is 6.96. The smallest absolute Gasteiger partial charge is 0.0434 e. The summed E-state index contributed by atoms with van der Waals surface area (Å²) in [7, 11) is 0. The maximum Gasteiger partial charge on any atom is 0.0434 e. The van der Waals surface area contributed by atoms with E-state index in [0.29, 0.717) is 0 Å². The van der Waals surface area contributed by atoms with E-state index in [0.717, 1.165) is 0 Å². The second-order valence-electron chi connectivity index (χ2n) is 11.2. The van der Waals surface area contributed by atoms with Crippen molar-refractivity contribution in [3.63, 3.8) is 0 Å². The van der Waals surface area contributed by atoms with Crippen molar-refractivity contribution in [1.29, 1.82) is 0 Å². The van der Waals surface area contributed by atoms with Crippen molar-refractivity contribution < 1.29 is 0 Å². The van der Waals surface area contributed by atoms with E-state index in [9.17, 15) is 0 Å². The molecule has 0 radical (unpaired) electrons. The Bertz CT molecular complexity index is 2440. The highest BCUT2D eigenvalue weighted by Gasteiger charge is 2.20. The van der Waals surface area contributed by atoms with Gasteiger partial charge < -0.3 is 0 Å². The van der Waals surface area contributed by atoms with E-state index in [1.54, 1.807) is 0 Å². The number of hydrogen-bond donors (Lipinski definition) is 0. The molecule has 43 heavy (non-hydrogen) atoms. The predicted octanol–water partition coefficient (Wildman–Crippen LogP) is 12.5. The Balaban J connectivity index is 1.40. The first-order valence-electron chi connectivity index (χ1n) is 14.8. The highest BCUT2D eigenvalue weighted by molar-refractivity contribution is 7.26. The van der Waals surface area contributed by atoms with Crippen LogP contribution in [-0.2, 0) is 0 Å². The summed E-state index contributed by atoms with van der Waals surface area (Å²) in [5.41, 5.74) is 7.66. The molecule has 9 rings (SSSR count). The molecule has 0 atom stereocenters. The number of thiophene rings is 1. The van der Waals surface area contributed by atoms with Gasteiger partial charge >= 0.3 is 0 Å². The van der Waals surface area contributed by atoms with Crippen LogP contribution in [0.1, 0.15) is 0 Å². The minimum Gasteiger partial charge on any atom is -0.135 e. The molecule has 0 spiro atoms. The van der Waals surface area contributed by atoms with Crippen molar-refractivity contribution in [1.82, 2.24) is 0 Å². The quantitative estimate of drug-likeness (QED) is 0.188. The van der Waals surface area contributed by atoms with Crippen molar-refractivity contribution in [3.8, 4) is 33.4 Å². The fraction of sp³-hybridized carbons (Fsp3) is 0. The second kappa shape index (κ2) is 9.66. The van der Waals surface area contributed by atoms with Gasteiger partial charge in [-0.2, -0.15) is 0 Å². The highest BCUT2D eigenvalue weighted by Crippen LogP contribution is 2.49. The Kier molecular flexibility index (Phi) is 5.47. The molecular formula is C42H26S. The molecular weight excluding hydrogens is 537 g/mol. The molecule has 1 heteroatoms. The summed E-state index contributed by atoms with van der Waals surface area (Å²) >= 11 is 1.92. The molecule has 0 saturated carbocycles. The Morgan fingerprint density at radius 3 is 1.49 bits per heavy atom. The van der Waals surface area contributed by atoms with Crippen LogP contribution in [0.4, 0.5) is 0 Å². The Morgan fingerprint density at radius 1 is 0.326 bits per heavy atom. The standard InChI is InChI=1S/C42H26S/c1-2-13-27(14-3-1)30-17-6-7-18-31(30)40-32-19-8-10-21-34(32)41(35-22-11-9-20-33(35)40)37-24-12-23-36-38-25-28-15-4-5-16-29(28)26-39(38)43-42(36)37/h1-26H. The van der Waals surface area contributed by atoms with Gasteiger partial charge in [-0.05, 0) is 72.3 Å². The van der Waals surface area contributed by atoms with Crippen LogP contribution in [-0.4, -0.2) is 0 Å².